The Morgan fingerprint density at radius 3 is 2.53 bits per heavy atom. The van der Waals surface area contributed by atoms with Crippen LogP contribution in [0.25, 0.3) is 11.3 Å². The van der Waals surface area contributed by atoms with Gasteiger partial charge in [-0.25, -0.2) is 14.8 Å². The molecule has 194 valence electrons. The van der Waals surface area contributed by atoms with E-state index in [0.29, 0.717) is 11.4 Å². The number of anilines is 3. The Bertz CT molecular complexity index is 1520. The Labute approximate surface area is 219 Å². The van der Waals surface area contributed by atoms with Crippen LogP contribution < -0.4 is 20.7 Å². The number of hydrogen-bond acceptors (Lipinski definition) is 7. The standard InChI is InChI=1S/C28H28N6O4/c1-28(2,3)22-14-23(34-38-22)31-27(36)30-21-8-6-5-7-20(21)25(35)33-26-29-15-17-10-9-16-13-18(37-4)11-12-19(16)24(17)32-26/h5-8,11-15H,9-10H2,1-4H3,(H,29,32,33,35)(H2,30,31,34,36). The van der Waals surface area contributed by atoms with E-state index in [1.165, 1.54) is 0 Å². The Hall–Kier alpha value is -4.73. The summed E-state index contributed by atoms with van der Waals surface area (Å²) >= 11 is 0. The first-order chi connectivity index (χ1) is 18.2. The van der Waals surface area contributed by atoms with Crippen molar-refractivity contribution in [2.24, 2.45) is 0 Å². The summed E-state index contributed by atoms with van der Waals surface area (Å²) in [5.74, 6) is 1.42. The Morgan fingerprint density at radius 2 is 1.76 bits per heavy atom. The number of para-hydroxylation sites is 1. The average molecular weight is 513 g/mol. The number of aryl methyl sites for hydroxylation is 2. The second-order valence-electron chi connectivity index (χ2n) is 10.00. The van der Waals surface area contributed by atoms with Crippen molar-refractivity contribution in [3.8, 4) is 17.0 Å². The predicted octanol–water partition coefficient (Wildman–Crippen LogP) is 5.43. The van der Waals surface area contributed by atoms with Gasteiger partial charge in [0.15, 0.2) is 5.82 Å². The zero-order valence-electron chi connectivity index (χ0n) is 21.6. The summed E-state index contributed by atoms with van der Waals surface area (Å²) in [6, 6.07) is 13.7. The van der Waals surface area contributed by atoms with Gasteiger partial charge in [0, 0.05) is 23.2 Å². The number of ether oxygens (including phenoxy) is 1. The van der Waals surface area contributed by atoms with E-state index in [9.17, 15) is 9.59 Å². The number of carbonyl (C=O) groups excluding carboxylic acids is 2. The van der Waals surface area contributed by atoms with Crippen LogP contribution in [0.1, 0.15) is 48.0 Å². The molecule has 10 heteroatoms. The van der Waals surface area contributed by atoms with Crippen LogP contribution in [-0.2, 0) is 18.3 Å². The minimum atomic E-state index is -0.559. The summed E-state index contributed by atoms with van der Waals surface area (Å²) in [7, 11) is 1.64. The fourth-order valence-electron chi connectivity index (χ4n) is 4.20. The summed E-state index contributed by atoms with van der Waals surface area (Å²) in [5.41, 5.74) is 4.25. The summed E-state index contributed by atoms with van der Waals surface area (Å²) in [5, 5.41) is 12.0. The number of benzene rings is 2. The van der Waals surface area contributed by atoms with Crippen LogP contribution in [0, 0.1) is 0 Å². The van der Waals surface area contributed by atoms with Crippen molar-refractivity contribution in [1.29, 1.82) is 0 Å². The van der Waals surface area contributed by atoms with Gasteiger partial charge in [-0.2, -0.15) is 0 Å². The molecule has 0 saturated carbocycles. The summed E-state index contributed by atoms with van der Waals surface area (Å²) in [6.07, 6.45) is 3.41. The van der Waals surface area contributed by atoms with Crippen molar-refractivity contribution in [3.05, 3.63) is 77.2 Å². The monoisotopic (exact) mass is 512 g/mol. The topological polar surface area (TPSA) is 131 Å². The molecule has 1 aliphatic rings. The van der Waals surface area contributed by atoms with Crippen LogP contribution in [0.15, 0.2) is 59.3 Å². The molecule has 2 aromatic heterocycles. The highest BCUT2D eigenvalue weighted by Gasteiger charge is 2.22. The van der Waals surface area contributed by atoms with Crippen LogP contribution in [0.5, 0.6) is 5.75 Å². The number of fused-ring (bicyclic) bond motifs is 3. The minimum Gasteiger partial charge on any atom is -0.497 e. The van der Waals surface area contributed by atoms with Crippen LogP contribution in [0.3, 0.4) is 0 Å². The van der Waals surface area contributed by atoms with E-state index in [4.69, 9.17) is 9.26 Å². The third-order valence-electron chi connectivity index (χ3n) is 6.23. The van der Waals surface area contributed by atoms with Gasteiger partial charge < -0.3 is 14.6 Å². The number of methoxy groups -OCH3 is 1. The molecule has 3 amide bonds. The van der Waals surface area contributed by atoms with Crippen LogP contribution >= 0.6 is 0 Å². The first-order valence-corrected chi connectivity index (χ1v) is 12.2. The van der Waals surface area contributed by atoms with Gasteiger partial charge in [0.1, 0.15) is 11.5 Å². The van der Waals surface area contributed by atoms with Gasteiger partial charge in [0.05, 0.1) is 24.1 Å². The lowest BCUT2D eigenvalue weighted by Gasteiger charge is -2.20. The molecule has 0 saturated heterocycles. The van der Waals surface area contributed by atoms with E-state index in [0.717, 1.165) is 41.0 Å². The lowest BCUT2D eigenvalue weighted by atomic mass is 9.90. The zero-order valence-corrected chi connectivity index (χ0v) is 21.6. The Balaban J connectivity index is 1.32. The molecule has 4 aromatic rings. The van der Waals surface area contributed by atoms with Crippen molar-refractivity contribution in [2.45, 2.75) is 39.0 Å². The Morgan fingerprint density at radius 1 is 0.974 bits per heavy atom. The van der Waals surface area contributed by atoms with Crippen molar-refractivity contribution in [1.82, 2.24) is 15.1 Å². The summed E-state index contributed by atoms with van der Waals surface area (Å²) < 4.78 is 10.7. The molecule has 0 bridgehead atoms. The lowest BCUT2D eigenvalue weighted by molar-refractivity contribution is 0.102. The molecular weight excluding hydrogens is 484 g/mol. The highest BCUT2D eigenvalue weighted by molar-refractivity contribution is 6.10. The molecule has 0 aliphatic heterocycles. The molecule has 1 aliphatic carbocycles. The number of carbonyl (C=O) groups is 2. The number of nitrogens with zero attached hydrogens (tertiary/aromatic N) is 3. The molecule has 0 radical (unpaired) electrons. The third kappa shape index (κ3) is 5.19. The maximum absolute atomic E-state index is 13.2. The van der Waals surface area contributed by atoms with Gasteiger partial charge in [-0.1, -0.05) is 38.1 Å². The van der Waals surface area contributed by atoms with Crippen molar-refractivity contribution >= 4 is 29.4 Å². The fourth-order valence-corrected chi connectivity index (χ4v) is 4.20. The van der Waals surface area contributed by atoms with Gasteiger partial charge in [0.25, 0.3) is 5.91 Å². The molecule has 38 heavy (non-hydrogen) atoms. The molecule has 2 aromatic carbocycles. The van der Waals surface area contributed by atoms with Gasteiger partial charge in [0.2, 0.25) is 5.95 Å². The predicted molar refractivity (Wildman–Crippen MR) is 144 cm³/mol. The van der Waals surface area contributed by atoms with Crippen LogP contribution in [0.4, 0.5) is 22.2 Å². The fraction of sp³-hybridized carbons (Fsp3) is 0.250. The minimum absolute atomic E-state index is 0.175. The van der Waals surface area contributed by atoms with Gasteiger partial charge in [-0.3, -0.25) is 15.4 Å². The molecule has 3 N–H and O–H groups in total. The number of urea groups is 1. The van der Waals surface area contributed by atoms with E-state index < -0.39 is 11.9 Å². The lowest BCUT2D eigenvalue weighted by Crippen LogP contribution is -2.23. The summed E-state index contributed by atoms with van der Waals surface area (Å²) in [4.78, 5) is 34.8. The first-order valence-electron chi connectivity index (χ1n) is 12.2. The van der Waals surface area contributed by atoms with Crippen molar-refractivity contribution in [3.63, 3.8) is 0 Å². The molecule has 0 atom stereocenters. The highest BCUT2D eigenvalue weighted by atomic mass is 16.5. The van der Waals surface area contributed by atoms with Gasteiger partial charge in [-0.15, -0.1) is 0 Å². The molecule has 0 fully saturated rings. The van der Waals surface area contributed by atoms with Gasteiger partial charge >= 0.3 is 6.03 Å². The smallest absolute Gasteiger partial charge is 0.324 e. The van der Waals surface area contributed by atoms with E-state index in [1.54, 1.807) is 43.6 Å². The van der Waals surface area contributed by atoms with Crippen molar-refractivity contribution < 1.29 is 18.8 Å². The molecule has 5 rings (SSSR count). The number of amides is 3. The normalized spacial score (nSPS) is 12.2. The molecule has 10 nitrogen and oxygen atoms in total. The number of hydrogen-bond donors (Lipinski definition) is 3. The second kappa shape index (κ2) is 9.97. The second-order valence-corrected chi connectivity index (χ2v) is 10.00. The Kier molecular flexibility index (Phi) is 6.54. The molecular formula is C28H28N6O4. The van der Waals surface area contributed by atoms with E-state index in [2.05, 4.69) is 31.1 Å². The first kappa shape index (κ1) is 24.9. The van der Waals surface area contributed by atoms with E-state index in [1.807, 2.05) is 39.0 Å². The molecule has 0 unspecified atom stereocenters. The number of aromatic nitrogens is 3. The maximum atomic E-state index is 13.2. The molecule has 2 heterocycles. The highest BCUT2D eigenvalue weighted by Crippen LogP contribution is 2.34. The maximum Gasteiger partial charge on any atom is 0.324 e. The summed E-state index contributed by atoms with van der Waals surface area (Å²) in [6.45, 7) is 5.94. The third-order valence-corrected chi connectivity index (χ3v) is 6.23. The van der Waals surface area contributed by atoms with Crippen LogP contribution in [0.2, 0.25) is 0 Å². The van der Waals surface area contributed by atoms with E-state index >= 15 is 0 Å². The quantitative estimate of drug-likeness (QED) is 0.325. The largest absolute Gasteiger partial charge is 0.497 e. The van der Waals surface area contributed by atoms with Crippen molar-refractivity contribution in [2.75, 3.05) is 23.1 Å². The van der Waals surface area contributed by atoms with Gasteiger partial charge in [-0.05, 0) is 54.3 Å². The zero-order chi connectivity index (χ0) is 26.9. The van der Waals surface area contributed by atoms with Crippen LogP contribution in [-0.4, -0.2) is 34.2 Å². The SMILES string of the molecule is COc1ccc2c(c1)CCc1cnc(NC(=O)c3ccccc3NC(=O)Nc3cc(C(C)(C)C)on3)nc1-2. The number of rotatable bonds is 5. The van der Waals surface area contributed by atoms with E-state index in [-0.39, 0.29) is 22.7 Å². The number of nitrogens with one attached hydrogen (secondary N) is 3. The molecule has 0 spiro atoms. The average Bonchev–Trinajstić information content (AvgIpc) is 3.37.